The van der Waals surface area contributed by atoms with Gasteiger partial charge in [0.15, 0.2) is 0 Å². The zero-order valence-corrected chi connectivity index (χ0v) is 19.3. The molecule has 2 aromatic carbocycles. The quantitative estimate of drug-likeness (QED) is 0.696. The summed E-state index contributed by atoms with van der Waals surface area (Å²) in [7, 11) is -3.60. The van der Waals surface area contributed by atoms with E-state index in [-0.39, 0.29) is 29.0 Å². The van der Waals surface area contributed by atoms with Crippen molar-refractivity contribution < 1.29 is 22.8 Å². The Morgan fingerprint density at radius 2 is 1.52 bits per heavy atom. The third kappa shape index (κ3) is 4.62. The van der Waals surface area contributed by atoms with Crippen molar-refractivity contribution in [3.63, 3.8) is 0 Å². The van der Waals surface area contributed by atoms with Crippen molar-refractivity contribution in [1.29, 1.82) is 0 Å². The fourth-order valence-electron chi connectivity index (χ4n) is 4.33. The van der Waals surface area contributed by atoms with Gasteiger partial charge in [0.25, 0.3) is 0 Å². The van der Waals surface area contributed by atoms with Gasteiger partial charge in [0.2, 0.25) is 27.7 Å². The maximum Gasteiger partial charge on any atom is 0.247 e. The smallest absolute Gasteiger partial charge is 0.247 e. The van der Waals surface area contributed by atoms with Gasteiger partial charge in [-0.05, 0) is 60.9 Å². The summed E-state index contributed by atoms with van der Waals surface area (Å²) in [6, 6.07) is 10.5. The Labute approximate surface area is 192 Å². The molecule has 2 heterocycles. The molecule has 1 atom stereocenters. The Morgan fingerprint density at radius 3 is 2.09 bits per heavy atom. The van der Waals surface area contributed by atoms with Crippen molar-refractivity contribution in [2.24, 2.45) is 0 Å². The zero-order chi connectivity index (χ0) is 23.8. The van der Waals surface area contributed by atoms with E-state index in [0.29, 0.717) is 35.7 Å². The van der Waals surface area contributed by atoms with Gasteiger partial charge in [0.1, 0.15) is 6.04 Å². The van der Waals surface area contributed by atoms with Gasteiger partial charge in [-0.1, -0.05) is 0 Å². The first kappa shape index (κ1) is 22.9. The highest BCUT2D eigenvalue weighted by Gasteiger charge is 2.38. The van der Waals surface area contributed by atoms with E-state index in [9.17, 15) is 22.8 Å². The highest BCUT2D eigenvalue weighted by Crippen LogP contribution is 2.35. The summed E-state index contributed by atoms with van der Waals surface area (Å²) in [6.45, 7) is 3.80. The first-order chi connectivity index (χ1) is 15.7. The molecule has 0 bridgehead atoms. The molecule has 2 aliphatic heterocycles. The molecule has 3 amide bonds. The van der Waals surface area contributed by atoms with E-state index in [4.69, 9.17) is 0 Å². The van der Waals surface area contributed by atoms with Crippen LogP contribution in [0.1, 0.15) is 32.3 Å². The van der Waals surface area contributed by atoms with Crippen molar-refractivity contribution in [2.45, 2.75) is 44.0 Å². The Morgan fingerprint density at radius 1 is 0.909 bits per heavy atom. The Kier molecular flexibility index (Phi) is 6.22. The second-order valence-corrected chi connectivity index (χ2v) is 10.2. The van der Waals surface area contributed by atoms with E-state index in [0.717, 1.165) is 12.8 Å². The van der Waals surface area contributed by atoms with Crippen molar-refractivity contribution >= 4 is 44.8 Å². The number of nitrogens with zero attached hydrogens (tertiary/aromatic N) is 2. The number of hydrogen-bond acceptors (Lipinski definition) is 5. The molecule has 9 nitrogen and oxygen atoms in total. The lowest BCUT2D eigenvalue weighted by atomic mass is 10.1. The molecule has 174 valence electrons. The average Bonchev–Trinajstić information content (AvgIpc) is 3.42. The van der Waals surface area contributed by atoms with Gasteiger partial charge in [-0.2, -0.15) is 4.31 Å². The number of nitrogens with one attached hydrogen (secondary N) is 2. The van der Waals surface area contributed by atoms with Crippen LogP contribution >= 0.6 is 0 Å². The number of benzene rings is 2. The fourth-order valence-corrected chi connectivity index (χ4v) is 5.90. The number of sulfonamides is 1. The van der Waals surface area contributed by atoms with Crippen LogP contribution in [0.3, 0.4) is 0 Å². The first-order valence-corrected chi connectivity index (χ1v) is 12.2. The van der Waals surface area contributed by atoms with Crippen LogP contribution in [0, 0.1) is 0 Å². The van der Waals surface area contributed by atoms with Crippen molar-refractivity contribution in [2.75, 3.05) is 28.6 Å². The number of anilines is 3. The molecule has 10 heteroatoms. The minimum atomic E-state index is -3.60. The predicted molar refractivity (Wildman–Crippen MR) is 124 cm³/mol. The van der Waals surface area contributed by atoms with Crippen LogP contribution in [-0.2, 0) is 30.8 Å². The molecular formula is C23H26N4O5S. The molecule has 1 saturated heterocycles. The summed E-state index contributed by atoms with van der Waals surface area (Å²) in [6.07, 6.45) is 1.90. The van der Waals surface area contributed by atoms with Crippen LogP contribution in [0.25, 0.3) is 0 Å². The van der Waals surface area contributed by atoms with Crippen molar-refractivity contribution in [3.05, 3.63) is 48.0 Å². The van der Waals surface area contributed by atoms with Gasteiger partial charge in [-0.15, -0.1) is 0 Å². The van der Waals surface area contributed by atoms with Gasteiger partial charge < -0.3 is 10.6 Å². The van der Waals surface area contributed by atoms with Crippen LogP contribution < -0.4 is 15.5 Å². The average molecular weight is 471 g/mol. The van der Waals surface area contributed by atoms with E-state index < -0.39 is 16.1 Å². The Balaban J connectivity index is 1.55. The number of carbonyl (C=O) groups excluding carboxylic acids is 3. The molecule has 0 aromatic heterocycles. The summed E-state index contributed by atoms with van der Waals surface area (Å²) >= 11 is 0. The Bertz CT molecular complexity index is 1200. The second kappa shape index (κ2) is 8.95. The molecule has 0 radical (unpaired) electrons. The molecular weight excluding hydrogens is 444 g/mol. The van der Waals surface area contributed by atoms with Gasteiger partial charge in [0, 0.05) is 50.4 Å². The van der Waals surface area contributed by atoms with Crippen LogP contribution in [0.15, 0.2) is 47.4 Å². The monoisotopic (exact) mass is 470 g/mol. The number of rotatable bonds is 5. The number of amides is 3. The minimum absolute atomic E-state index is 0.182. The maximum absolute atomic E-state index is 13.1. The van der Waals surface area contributed by atoms with E-state index in [1.807, 2.05) is 0 Å². The van der Waals surface area contributed by atoms with E-state index in [1.54, 1.807) is 36.4 Å². The van der Waals surface area contributed by atoms with Gasteiger partial charge in [0.05, 0.1) is 4.90 Å². The second-order valence-electron chi connectivity index (χ2n) is 8.26. The lowest BCUT2D eigenvalue weighted by molar-refractivity contribution is -0.122. The maximum atomic E-state index is 13.1. The third-order valence-corrected chi connectivity index (χ3v) is 7.75. The Hall–Kier alpha value is -3.24. The van der Waals surface area contributed by atoms with Crippen LogP contribution in [-0.4, -0.2) is 49.6 Å². The third-order valence-electron chi connectivity index (χ3n) is 5.85. The summed E-state index contributed by atoms with van der Waals surface area (Å²) in [5.41, 5.74) is 2.31. The molecule has 2 aromatic rings. The van der Waals surface area contributed by atoms with E-state index >= 15 is 0 Å². The topological polar surface area (TPSA) is 116 Å². The molecule has 0 saturated carbocycles. The van der Waals surface area contributed by atoms with Crippen molar-refractivity contribution in [3.8, 4) is 0 Å². The number of fused-ring (bicyclic) bond motifs is 1. The lowest BCUT2D eigenvalue weighted by Crippen LogP contribution is -2.44. The normalized spacial score (nSPS) is 18.1. The van der Waals surface area contributed by atoms with Crippen LogP contribution in [0.4, 0.5) is 17.1 Å². The first-order valence-electron chi connectivity index (χ1n) is 10.8. The molecule has 4 rings (SSSR count). The van der Waals surface area contributed by atoms with Gasteiger partial charge in [-0.25, -0.2) is 8.42 Å². The predicted octanol–water partition coefficient (Wildman–Crippen LogP) is 2.35. The highest BCUT2D eigenvalue weighted by molar-refractivity contribution is 7.89. The SMILES string of the molecule is CC(=O)Nc1ccc(NC(=O)C2Cc3cc(S(=O)(=O)N4CCCC4)ccc3N2C(C)=O)cc1. The summed E-state index contributed by atoms with van der Waals surface area (Å²) in [4.78, 5) is 38.2. The molecule has 1 fully saturated rings. The summed E-state index contributed by atoms with van der Waals surface area (Å²) < 4.78 is 27.4. The zero-order valence-electron chi connectivity index (χ0n) is 18.5. The fraction of sp³-hybridized carbons (Fsp3) is 0.348. The standard InChI is InChI=1S/C23H26N4O5S/c1-15(28)24-18-5-7-19(8-6-18)25-23(30)22-14-17-13-20(9-10-21(17)27(22)16(2)29)33(31,32)26-11-3-4-12-26/h5-10,13,22H,3-4,11-12,14H2,1-2H3,(H,24,28)(H,25,30). The molecule has 2 N–H and O–H groups in total. The van der Waals surface area contributed by atoms with Gasteiger partial charge in [-0.3, -0.25) is 19.3 Å². The number of hydrogen-bond donors (Lipinski definition) is 2. The molecule has 2 aliphatic rings. The van der Waals surface area contributed by atoms with Crippen LogP contribution in [0.5, 0.6) is 0 Å². The molecule has 33 heavy (non-hydrogen) atoms. The minimum Gasteiger partial charge on any atom is -0.326 e. The number of carbonyl (C=O) groups is 3. The summed E-state index contributed by atoms with van der Waals surface area (Å²) in [5.74, 6) is -0.874. The largest absolute Gasteiger partial charge is 0.326 e. The molecule has 0 spiro atoms. The lowest BCUT2D eigenvalue weighted by Gasteiger charge is -2.23. The van der Waals surface area contributed by atoms with Gasteiger partial charge >= 0.3 is 0 Å². The van der Waals surface area contributed by atoms with Crippen LogP contribution in [0.2, 0.25) is 0 Å². The van der Waals surface area contributed by atoms with E-state index in [2.05, 4.69) is 10.6 Å². The molecule has 0 aliphatic carbocycles. The molecule has 1 unspecified atom stereocenters. The summed E-state index contributed by atoms with van der Waals surface area (Å²) in [5, 5.41) is 5.46. The van der Waals surface area contributed by atoms with E-state index in [1.165, 1.54) is 29.1 Å². The highest BCUT2D eigenvalue weighted by atomic mass is 32.2. The van der Waals surface area contributed by atoms with Crippen molar-refractivity contribution in [1.82, 2.24) is 4.31 Å².